The highest BCUT2D eigenvalue weighted by molar-refractivity contribution is 5.56. The molecule has 41 heavy (non-hydrogen) atoms. The Kier molecular flexibility index (Phi) is 6.13. The van der Waals surface area contributed by atoms with Gasteiger partial charge < -0.3 is 28.8 Å². The molecular weight excluding hydrogens is 518 g/mol. The Bertz CT molecular complexity index is 1080. The molecule has 8 fully saturated rings. The lowest BCUT2D eigenvalue weighted by atomic mass is 9.41. The van der Waals surface area contributed by atoms with Crippen LogP contribution < -0.4 is 0 Å². The van der Waals surface area contributed by atoms with E-state index in [0.717, 1.165) is 52.0 Å². The average molecular weight is 572 g/mol. The first-order valence-electron chi connectivity index (χ1n) is 16.9. The van der Waals surface area contributed by atoms with Crippen LogP contribution in [0.5, 0.6) is 0 Å². The van der Waals surface area contributed by atoms with E-state index in [-0.39, 0.29) is 40.8 Å². The fraction of sp³-hybridized carbons (Fsp3) is 0.971. The summed E-state index contributed by atoms with van der Waals surface area (Å²) in [5.74, 6) is 1.88. The van der Waals surface area contributed by atoms with Crippen LogP contribution >= 0.6 is 0 Å². The van der Waals surface area contributed by atoms with Crippen molar-refractivity contribution in [3.8, 4) is 0 Å². The van der Waals surface area contributed by atoms with E-state index in [1.807, 2.05) is 0 Å². The highest BCUT2D eigenvalue weighted by Crippen LogP contribution is 2.89. The van der Waals surface area contributed by atoms with E-state index >= 15 is 0 Å². The summed E-state index contributed by atoms with van der Waals surface area (Å²) in [7, 11) is 0. The van der Waals surface area contributed by atoms with Gasteiger partial charge in [-0.2, -0.15) is 0 Å². The summed E-state index contributed by atoms with van der Waals surface area (Å²) in [4.78, 5) is 14.3. The Balaban J connectivity index is 1.04. The number of aliphatic hydroxyl groups excluding tert-OH is 1. The molecule has 5 saturated carbocycles. The van der Waals surface area contributed by atoms with Gasteiger partial charge in [-0.25, -0.2) is 0 Å². The molecule has 8 aliphatic rings. The van der Waals surface area contributed by atoms with Gasteiger partial charge in [0.25, 0.3) is 0 Å². The van der Waals surface area contributed by atoms with Crippen molar-refractivity contribution in [2.24, 2.45) is 50.7 Å². The van der Waals surface area contributed by atoms with Gasteiger partial charge in [-0.3, -0.25) is 4.90 Å². The lowest BCUT2D eigenvalue weighted by Crippen LogP contribution is -2.60. The Hall–Kier alpha value is -0.570. The minimum Gasteiger partial charge on any atom is -0.390 e. The normalized spacial score (nSPS) is 57.8. The summed E-state index contributed by atoms with van der Waals surface area (Å²) in [5.41, 5.74) is 0.663. The van der Waals surface area contributed by atoms with Crippen molar-refractivity contribution in [1.82, 2.24) is 4.90 Å². The number of carbonyl (C=O) groups excluding carboxylic acids is 1. The highest BCUT2D eigenvalue weighted by Gasteiger charge is 2.84. The van der Waals surface area contributed by atoms with E-state index in [0.29, 0.717) is 40.5 Å². The van der Waals surface area contributed by atoms with Crippen LogP contribution in [0.15, 0.2) is 0 Å². The van der Waals surface area contributed by atoms with Crippen molar-refractivity contribution in [2.75, 3.05) is 32.9 Å². The van der Waals surface area contributed by atoms with Crippen molar-refractivity contribution < 1.29 is 28.8 Å². The number of carbonyl (C=O) groups is 1. The molecular formula is C34H53NO6. The van der Waals surface area contributed by atoms with Gasteiger partial charge in [0.15, 0.2) is 6.29 Å². The lowest BCUT2D eigenvalue weighted by molar-refractivity contribution is -0.256. The number of aliphatic hydroxyl groups is 1. The quantitative estimate of drug-likeness (QED) is 0.500. The topological polar surface area (TPSA) is 77.5 Å². The van der Waals surface area contributed by atoms with Crippen LogP contribution in [-0.4, -0.2) is 86.0 Å². The number of aldehydes is 1. The standard InChI is InChI=1S/C34H53NO6/c1-20-14-22(16-36)40-28-27(20)31(4)10-11-34-19-33(34)9-8-25(41-26-15-35(12-13-39-26)21-17-38-18-21)30(2,3)23(33)6-7-24(34)32(31,5)29(28)37/h16,20-29,37H,6-15,17-19H2,1-5H3/t20-,22?,23+,24?,25?,26+,27?,28?,29+,31?,32-,33?,34?/m1/s1. The van der Waals surface area contributed by atoms with Crippen molar-refractivity contribution in [1.29, 1.82) is 0 Å². The predicted octanol–water partition coefficient (Wildman–Crippen LogP) is 4.44. The Labute approximate surface area is 246 Å². The van der Waals surface area contributed by atoms with E-state index in [1.54, 1.807) is 0 Å². The largest absolute Gasteiger partial charge is 0.390 e. The molecule has 3 heterocycles. The zero-order valence-electron chi connectivity index (χ0n) is 26.0. The predicted molar refractivity (Wildman–Crippen MR) is 153 cm³/mol. The van der Waals surface area contributed by atoms with Crippen LogP contribution in [0.1, 0.15) is 86.0 Å². The molecule has 5 aliphatic carbocycles. The molecule has 8 unspecified atom stereocenters. The maximum absolute atomic E-state index is 12.2. The Morgan fingerprint density at radius 2 is 1.76 bits per heavy atom. The molecule has 1 N–H and O–H groups in total. The summed E-state index contributed by atoms with van der Waals surface area (Å²) in [6, 6.07) is 0.528. The molecule has 0 aromatic carbocycles. The van der Waals surface area contributed by atoms with Crippen molar-refractivity contribution in [2.45, 2.75) is 123 Å². The maximum Gasteiger partial charge on any atom is 0.170 e. The van der Waals surface area contributed by atoms with E-state index in [2.05, 4.69) is 39.5 Å². The average Bonchev–Trinajstić information content (AvgIpc) is 3.54. The molecule has 3 aliphatic heterocycles. The second kappa shape index (κ2) is 9.00. The fourth-order valence-electron chi connectivity index (χ4n) is 13.3. The summed E-state index contributed by atoms with van der Waals surface area (Å²) < 4.78 is 24.9. The first kappa shape index (κ1) is 27.9. The van der Waals surface area contributed by atoms with Gasteiger partial charge in [-0.1, -0.05) is 34.6 Å². The third-order valence-corrected chi connectivity index (χ3v) is 15.4. The number of ether oxygens (including phenoxy) is 4. The fourth-order valence-corrected chi connectivity index (χ4v) is 13.3. The van der Waals surface area contributed by atoms with Gasteiger partial charge in [0.2, 0.25) is 0 Å². The van der Waals surface area contributed by atoms with Gasteiger partial charge in [-0.15, -0.1) is 0 Å². The van der Waals surface area contributed by atoms with Gasteiger partial charge in [0.1, 0.15) is 12.4 Å². The molecule has 13 atom stereocenters. The lowest BCUT2D eigenvalue weighted by Gasteiger charge is -2.64. The van der Waals surface area contributed by atoms with Gasteiger partial charge >= 0.3 is 0 Å². The van der Waals surface area contributed by atoms with Crippen LogP contribution in [0.3, 0.4) is 0 Å². The smallest absolute Gasteiger partial charge is 0.170 e. The van der Waals surface area contributed by atoms with E-state index in [1.165, 1.54) is 38.5 Å². The molecule has 0 aromatic heterocycles. The van der Waals surface area contributed by atoms with Crippen molar-refractivity contribution in [3.05, 3.63) is 0 Å². The molecule has 0 amide bonds. The summed E-state index contributed by atoms with van der Waals surface area (Å²) in [6.45, 7) is 16.4. The van der Waals surface area contributed by atoms with Gasteiger partial charge in [0.05, 0.1) is 50.7 Å². The number of nitrogens with zero attached hydrogens (tertiary/aromatic N) is 1. The van der Waals surface area contributed by atoms with Crippen molar-refractivity contribution in [3.63, 3.8) is 0 Å². The summed E-state index contributed by atoms with van der Waals surface area (Å²) in [5, 5.41) is 12.2. The van der Waals surface area contributed by atoms with Crippen LogP contribution in [-0.2, 0) is 23.7 Å². The first-order chi connectivity index (χ1) is 19.5. The zero-order valence-corrected chi connectivity index (χ0v) is 26.0. The molecule has 0 aromatic rings. The van der Waals surface area contributed by atoms with Crippen LogP contribution in [0.4, 0.5) is 0 Å². The SMILES string of the molecule is C[C@@H]1CC(C=O)OC2C1C1(C)CCC34CC35CCC(O[C@H]3CN(C6COC6)CCO3)C(C)(C)[C@@H]5CCC4[C@]1(C)[C@H]2O. The van der Waals surface area contributed by atoms with E-state index < -0.39 is 6.10 Å². The van der Waals surface area contributed by atoms with Gasteiger partial charge in [-0.05, 0) is 96.7 Å². The second-order valence-electron chi connectivity index (χ2n) is 16.8. The molecule has 230 valence electrons. The first-order valence-corrected chi connectivity index (χ1v) is 16.9. The maximum atomic E-state index is 12.2. The number of hydrogen-bond acceptors (Lipinski definition) is 7. The molecule has 0 bridgehead atoms. The van der Waals surface area contributed by atoms with Gasteiger partial charge in [0, 0.05) is 12.0 Å². The number of hydrogen-bond donors (Lipinski definition) is 1. The molecule has 3 saturated heterocycles. The number of morpholine rings is 1. The molecule has 7 nitrogen and oxygen atoms in total. The molecule has 2 spiro atoms. The monoisotopic (exact) mass is 571 g/mol. The molecule has 8 rings (SSSR count). The zero-order chi connectivity index (χ0) is 28.6. The van der Waals surface area contributed by atoms with Crippen LogP contribution in [0, 0.1) is 50.7 Å². The summed E-state index contributed by atoms with van der Waals surface area (Å²) in [6.07, 6.45) is 9.27. The molecule has 7 heteroatoms. The Morgan fingerprint density at radius 3 is 2.49 bits per heavy atom. The minimum absolute atomic E-state index is 0.0440. The van der Waals surface area contributed by atoms with Crippen LogP contribution in [0.25, 0.3) is 0 Å². The number of fused-ring (bicyclic) bond motifs is 4. The van der Waals surface area contributed by atoms with E-state index in [9.17, 15) is 9.90 Å². The number of rotatable bonds is 4. The molecule has 0 radical (unpaired) electrons. The second-order valence-corrected chi connectivity index (χ2v) is 16.8. The van der Waals surface area contributed by atoms with Crippen LogP contribution in [0.2, 0.25) is 0 Å². The van der Waals surface area contributed by atoms with Crippen molar-refractivity contribution >= 4 is 6.29 Å². The third kappa shape index (κ3) is 3.40. The minimum atomic E-state index is -0.501. The third-order valence-electron chi connectivity index (χ3n) is 15.4. The highest BCUT2D eigenvalue weighted by atomic mass is 16.7. The van der Waals surface area contributed by atoms with E-state index in [4.69, 9.17) is 18.9 Å². The Morgan fingerprint density at radius 1 is 1.00 bits per heavy atom. The summed E-state index contributed by atoms with van der Waals surface area (Å²) >= 11 is 0.